The molecule has 1 aromatic rings. The van der Waals surface area contributed by atoms with Gasteiger partial charge in [0.05, 0.1) is 7.11 Å². The van der Waals surface area contributed by atoms with Crippen LogP contribution in [0.2, 0.25) is 0 Å². The van der Waals surface area contributed by atoms with Gasteiger partial charge in [0.25, 0.3) is 0 Å². The van der Waals surface area contributed by atoms with Crippen LogP contribution in [-0.2, 0) is 9.53 Å². The molecule has 1 atom stereocenters. The highest BCUT2D eigenvalue weighted by Crippen LogP contribution is 2.05. The number of carbonyl (C=O) groups is 1. The van der Waals surface area contributed by atoms with Gasteiger partial charge in [-0.25, -0.2) is 14.8 Å². The van der Waals surface area contributed by atoms with Gasteiger partial charge >= 0.3 is 5.97 Å². The van der Waals surface area contributed by atoms with Gasteiger partial charge in [-0.3, -0.25) is 0 Å². The third kappa shape index (κ3) is 2.70. The molecule has 1 rings (SSSR count). The molecule has 0 aliphatic rings. The number of hydrogen-bond acceptors (Lipinski definition) is 5. The van der Waals surface area contributed by atoms with Gasteiger partial charge in [0, 0.05) is 12.3 Å². The van der Waals surface area contributed by atoms with Crippen LogP contribution in [0.15, 0.2) is 18.6 Å². The summed E-state index contributed by atoms with van der Waals surface area (Å²) in [5.74, 6) is -0.0773. The first-order valence-electron chi connectivity index (χ1n) is 3.74. The van der Waals surface area contributed by atoms with Crippen LogP contribution in [0.3, 0.4) is 0 Å². The quantitative estimate of drug-likeness (QED) is 0.634. The van der Waals surface area contributed by atoms with E-state index in [1.54, 1.807) is 13.0 Å². The lowest BCUT2D eigenvalue weighted by Gasteiger charge is -2.10. The Morgan fingerprint density at radius 1 is 1.62 bits per heavy atom. The van der Waals surface area contributed by atoms with Gasteiger partial charge in [0.15, 0.2) is 6.10 Å². The number of carbonyl (C=O) groups excluding carboxylic acids is 1. The van der Waals surface area contributed by atoms with E-state index < -0.39 is 12.1 Å². The molecular weight excluding hydrogens is 172 g/mol. The first kappa shape index (κ1) is 9.44. The SMILES string of the molecule is COC(=O)C(C)Oc1ccncn1. The minimum absolute atomic E-state index is 0.355. The van der Waals surface area contributed by atoms with Gasteiger partial charge in [-0.2, -0.15) is 0 Å². The second-order valence-electron chi connectivity index (χ2n) is 2.33. The number of nitrogens with zero attached hydrogens (tertiary/aromatic N) is 2. The molecule has 70 valence electrons. The summed E-state index contributed by atoms with van der Waals surface area (Å²) in [6.45, 7) is 1.59. The molecule has 0 fully saturated rings. The predicted octanol–water partition coefficient (Wildman–Crippen LogP) is 0.417. The van der Waals surface area contributed by atoms with E-state index >= 15 is 0 Å². The third-order valence-electron chi connectivity index (χ3n) is 1.39. The summed E-state index contributed by atoms with van der Waals surface area (Å²) in [6, 6.07) is 1.57. The molecular formula is C8H10N2O3. The summed E-state index contributed by atoms with van der Waals surface area (Å²) in [7, 11) is 1.31. The maximum atomic E-state index is 10.9. The van der Waals surface area contributed by atoms with E-state index in [9.17, 15) is 4.79 Å². The number of methoxy groups -OCH3 is 1. The molecule has 1 aromatic heterocycles. The Morgan fingerprint density at radius 2 is 2.38 bits per heavy atom. The van der Waals surface area contributed by atoms with Crippen molar-refractivity contribution < 1.29 is 14.3 Å². The molecule has 5 nitrogen and oxygen atoms in total. The molecule has 0 N–H and O–H groups in total. The van der Waals surface area contributed by atoms with Gasteiger partial charge in [-0.1, -0.05) is 0 Å². The molecule has 0 radical (unpaired) electrons. The van der Waals surface area contributed by atoms with E-state index in [2.05, 4.69) is 14.7 Å². The second kappa shape index (κ2) is 4.39. The van der Waals surface area contributed by atoms with E-state index in [-0.39, 0.29) is 0 Å². The Labute approximate surface area is 75.7 Å². The smallest absolute Gasteiger partial charge is 0.346 e. The zero-order valence-corrected chi connectivity index (χ0v) is 7.43. The average molecular weight is 182 g/mol. The molecule has 0 bridgehead atoms. The van der Waals surface area contributed by atoms with Gasteiger partial charge < -0.3 is 9.47 Å². The fraction of sp³-hybridized carbons (Fsp3) is 0.375. The van der Waals surface area contributed by atoms with Crippen molar-refractivity contribution >= 4 is 5.97 Å². The third-order valence-corrected chi connectivity index (χ3v) is 1.39. The van der Waals surface area contributed by atoms with E-state index in [4.69, 9.17) is 4.74 Å². The van der Waals surface area contributed by atoms with Crippen LogP contribution in [0.5, 0.6) is 5.88 Å². The first-order chi connectivity index (χ1) is 6.24. The number of hydrogen-bond donors (Lipinski definition) is 0. The molecule has 1 unspecified atom stereocenters. The number of aromatic nitrogens is 2. The lowest BCUT2D eigenvalue weighted by Crippen LogP contribution is -2.25. The summed E-state index contributed by atoms with van der Waals surface area (Å²) < 4.78 is 9.62. The van der Waals surface area contributed by atoms with Crippen LogP contribution in [-0.4, -0.2) is 29.2 Å². The zero-order valence-electron chi connectivity index (χ0n) is 7.43. The van der Waals surface area contributed by atoms with Crippen molar-refractivity contribution in [1.29, 1.82) is 0 Å². The van der Waals surface area contributed by atoms with Crippen molar-refractivity contribution in [3.05, 3.63) is 18.6 Å². The normalized spacial score (nSPS) is 11.8. The Kier molecular flexibility index (Phi) is 3.19. The maximum Gasteiger partial charge on any atom is 0.346 e. The summed E-state index contributed by atoms with van der Waals surface area (Å²) in [6.07, 6.45) is 2.23. The van der Waals surface area contributed by atoms with Gasteiger partial charge in [0.1, 0.15) is 6.33 Å². The predicted molar refractivity (Wildman–Crippen MR) is 44.1 cm³/mol. The van der Waals surface area contributed by atoms with Crippen molar-refractivity contribution in [2.75, 3.05) is 7.11 Å². The van der Waals surface area contributed by atoms with Crippen molar-refractivity contribution in [2.45, 2.75) is 13.0 Å². The van der Waals surface area contributed by atoms with Gasteiger partial charge in [-0.15, -0.1) is 0 Å². The van der Waals surface area contributed by atoms with Crippen LogP contribution in [0.1, 0.15) is 6.92 Å². The minimum Gasteiger partial charge on any atom is -0.466 e. The van der Waals surface area contributed by atoms with E-state index in [0.29, 0.717) is 5.88 Å². The number of rotatable bonds is 3. The molecule has 0 aromatic carbocycles. The van der Waals surface area contributed by atoms with Gasteiger partial charge in [0.2, 0.25) is 5.88 Å². The van der Waals surface area contributed by atoms with Crippen molar-refractivity contribution in [2.24, 2.45) is 0 Å². The standard InChI is InChI=1S/C8H10N2O3/c1-6(8(11)12-2)13-7-3-4-9-5-10-7/h3-6H,1-2H3. The molecule has 13 heavy (non-hydrogen) atoms. The van der Waals surface area contributed by atoms with E-state index in [1.807, 2.05) is 0 Å². The molecule has 5 heteroatoms. The van der Waals surface area contributed by atoms with Crippen LogP contribution in [0.4, 0.5) is 0 Å². The molecule has 0 saturated heterocycles. The number of esters is 1. The highest BCUT2D eigenvalue weighted by Gasteiger charge is 2.14. The molecule has 0 spiro atoms. The van der Waals surface area contributed by atoms with Gasteiger partial charge in [-0.05, 0) is 6.92 Å². The van der Waals surface area contributed by atoms with Crippen LogP contribution in [0, 0.1) is 0 Å². The number of ether oxygens (including phenoxy) is 2. The molecule has 0 aliphatic heterocycles. The van der Waals surface area contributed by atoms with Crippen LogP contribution in [0.25, 0.3) is 0 Å². The van der Waals surface area contributed by atoms with Crippen LogP contribution >= 0.6 is 0 Å². The largest absolute Gasteiger partial charge is 0.466 e. The maximum absolute atomic E-state index is 10.9. The highest BCUT2D eigenvalue weighted by molar-refractivity contribution is 5.74. The van der Waals surface area contributed by atoms with Crippen molar-refractivity contribution in [1.82, 2.24) is 9.97 Å². The van der Waals surface area contributed by atoms with E-state index in [0.717, 1.165) is 0 Å². The van der Waals surface area contributed by atoms with Crippen molar-refractivity contribution in [3.8, 4) is 5.88 Å². The molecule has 0 saturated carbocycles. The second-order valence-corrected chi connectivity index (χ2v) is 2.33. The summed E-state index contributed by atoms with van der Waals surface area (Å²) in [5.41, 5.74) is 0. The summed E-state index contributed by atoms with van der Waals surface area (Å²) >= 11 is 0. The highest BCUT2D eigenvalue weighted by atomic mass is 16.6. The zero-order chi connectivity index (χ0) is 9.68. The summed E-state index contributed by atoms with van der Waals surface area (Å²) in [4.78, 5) is 18.4. The molecule has 1 heterocycles. The fourth-order valence-corrected chi connectivity index (χ4v) is 0.743. The molecule has 0 aliphatic carbocycles. The first-order valence-corrected chi connectivity index (χ1v) is 3.74. The summed E-state index contributed by atoms with van der Waals surface area (Å²) in [5, 5.41) is 0. The Morgan fingerprint density at radius 3 is 2.92 bits per heavy atom. The fourth-order valence-electron chi connectivity index (χ4n) is 0.743. The monoisotopic (exact) mass is 182 g/mol. The molecule has 0 amide bonds. The Balaban J connectivity index is 2.55. The van der Waals surface area contributed by atoms with E-state index in [1.165, 1.54) is 19.6 Å². The minimum atomic E-state index is -0.653. The Hall–Kier alpha value is -1.65. The lowest BCUT2D eigenvalue weighted by molar-refractivity contribution is -0.148. The Bertz CT molecular complexity index is 276. The lowest BCUT2D eigenvalue weighted by atomic mass is 10.4. The topological polar surface area (TPSA) is 61.3 Å². The van der Waals surface area contributed by atoms with Crippen molar-refractivity contribution in [3.63, 3.8) is 0 Å². The average Bonchev–Trinajstić information content (AvgIpc) is 2.18. The van der Waals surface area contributed by atoms with Crippen LogP contribution < -0.4 is 4.74 Å².